The van der Waals surface area contributed by atoms with E-state index in [1.54, 1.807) is 16.2 Å². The summed E-state index contributed by atoms with van der Waals surface area (Å²) >= 11 is 1.70. The van der Waals surface area contributed by atoms with Crippen molar-refractivity contribution in [3.63, 3.8) is 0 Å². The van der Waals surface area contributed by atoms with Gasteiger partial charge in [-0.1, -0.05) is 6.92 Å². The number of nitrogens with one attached hydrogen (secondary N) is 1. The van der Waals surface area contributed by atoms with Gasteiger partial charge in [-0.2, -0.15) is 0 Å². The third kappa shape index (κ3) is 3.53. The van der Waals surface area contributed by atoms with E-state index in [4.69, 9.17) is 0 Å². The van der Waals surface area contributed by atoms with Crippen molar-refractivity contribution < 1.29 is 4.79 Å². The van der Waals surface area contributed by atoms with Gasteiger partial charge in [0.25, 0.3) is 0 Å². The zero-order chi connectivity index (χ0) is 13.0. The topological polar surface area (TPSA) is 45.2 Å². The van der Waals surface area contributed by atoms with Crippen LogP contribution in [0.4, 0.5) is 0 Å². The average molecular weight is 267 g/mol. The van der Waals surface area contributed by atoms with Gasteiger partial charge in [-0.25, -0.2) is 4.98 Å². The molecule has 0 radical (unpaired) electrons. The SMILES string of the molecule is CCc1cnc(CN(C)C(=O)CC2CCCN2)s1. The highest BCUT2D eigenvalue weighted by Gasteiger charge is 2.20. The van der Waals surface area contributed by atoms with Crippen molar-refractivity contribution in [1.82, 2.24) is 15.2 Å². The highest BCUT2D eigenvalue weighted by atomic mass is 32.1. The Labute approximate surface area is 112 Å². The Morgan fingerprint density at radius 3 is 3.11 bits per heavy atom. The van der Waals surface area contributed by atoms with Crippen molar-refractivity contribution in [3.05, 3.63) is 16.1 Å². The van der Waals surface area contributed by atoms with E-state index in [0.717, 1.165) is 24.4 Å². The highest BCUT2D eigenvalue weighted by Crippen LogP contribution is 2.16. The molecule has 1 unspecified atom stereocenters. The number of thiazole rings is 1. The summed E-state index contributed by atoms with van der Waals surface area (Å²) in [6.07, 6.45) is 5.85. The van der Waals surface area contributed by atoms with E-state index in [0.29, 0.717) is 19.0 Å². The number of amides is 1. The minimum atomic E-state index is 0.211. The van der Waals surface area contributed by atoms with Crippen LogP contribution in [0.3, 0.4) is 0 Å². The summed E-state index contributed by atoms with van der Waals surface area (Å²) in [7, 11) is 1.87. The molecule has 1 atom stereocenters. The van der Waals surface area contributed by atoms with Crippen LogP contribution in [0.2, 0.25) is 0 Å². The van der Waals surface area contributed by atoms with Crippen LogP contribution in [-0.4, -0.2) is 35.4 Å². The first-order valence-corrected chi connectivity index (χ1v) is 7.41. The summed E-state index contributed by atoms with van der Waals surface area (Å²) in [4.78, 5) is 19.5. The number of nitrogens with zero attached hydrogens (tertiary/aromatic N) is 2. The van der Waals surface area contributed by atoms with Crippen molar-refractivity contribution in [2.75, 3.05) is 13.6 Å². The van der Waals surface area contributed by atoms with Crippen molar-refractivity contribution in [1.29, 1.82) is 0 Å². The summed E-state index contributed by atoms with van der Waals surface area (Å²) in [5.41, 5.74) is 0. The summed E-state index contributed by atoms with van der Waals surface area (Å²) in [6, 6.07) is 0.377. The first kappa shape index (κ1) is 13.5. The predicted octanol–water partition coefficient (Wildman–Crippen LogP) is 1.81. The van der Waals surface area contributed by atoms with Crippen LogP contribution in [-0.2, 0) is 17.8 Å². The molecule has 1 amide bonds. The maximum Gasteiger partial charge on any atom is 0.224 e. The van der Waals surface area contributed by atoms with Crippen LogP contribution in [0, 0.1) is 0 Å². The third-order valence-electron chi connectivity index (χ3n) is 3.33. The van der Waals surface area contributed by atoms with Gasteiger partial charge >= 0.3 is 0 Å². The predicted molar refractivity (Wildman–Crippen MR) is 73.6 cm³/mol. The lowest BCUT2D eigenvalue weighted by molar-refractivity contribution is -0.130. The molecule has 5 heteroatoms. The maximum atomic E-state index is 12.0. The molecule has 2 rings (SSSR count). The molecule has 4 nitrogen and oxygen atoms in total. The van der Waals surface area contributed by atoms with Crippen molar-refractivity contribution in [2.45, 2.75) is 45.2 Å². The summed E-state index contributed by atoms with van der Waals surface area (Å²) in [6.45, 7) is 3.81. The number of carbonyl (C=O) groups is 1. The summed E-state index contributed by atoms with van der Waals surface area (Å²) in [5, 5.41) is 4.39. The molecule has 1 N–H and O–H groups in total. The van der Waals surface area contributed by atoms with Gasteiger partial charge in [0.1, 0.15) is 5.01 Å². The number of aromatic nitrogens is 1. The van der Waals surface area contributed by atoms with Crippen LogP contribution in [0.25, 0.3) is 0 Å². The molecule has 0 aliphatic carbocycles. The summed E-state index contributed by atoms with van der Waals surface area (Å²) < 4.78 is 0. The fourth-order valence-electron chi connectivity index (χ4n) is 2.17. The molecule has 1 aromatic heterocycles. The van der Waals surface area contributed by atoms with E-state index >= 15 is 0 Å². The van der Waals surface area contributed by atoms with Gasteiger partial charge in [0.2, 0.25) is 5.91 Å². The molecule has 1 aromatic rings. The molecule has 0 bridgehead atoms. The maximum absolute atomic E-state index is 12.0. The number of hydrogen-bond donors (Lipinski definition) is 1. The molecule has 100 valence electrons. The zero-order valence-electron chi connectivity index (χ0n) is 11.1. The first-order valence-electron chi connectivity index (χ1n) is 6.60. The van der Waals surface area contributed by atoms with Crippen molar-refractivity contribution in [3.8, 4) is 0 Å². The van der Waals surface area contributed by atoms with Gasteiger partial charge < -0.3 is 10.2 Å². The van der Waals surface area contributed by atoms with Crippen molar-refractivity contribution >= 4 is 17.2 Å². The summed E-state index contributed by atoms with van der Waals surface area (Å²) in [5.74, 6) is 0.211. The molecule has 1 aliphatic rings. The standard InChI is InChI=1S/C13H21N3OS/c1-3-11-8-15-12(18-11)9-16(2)13(17)7-10-5-4-6-14-10/h8,10,14H,3-7,9H2,1-2H3. The van der Waals surface area contributed by atoms with E-state index in [9.17, 15) is 4.79 Å². The largest absolute Gasteiger partial charge is 0.339 e. The molecule has 1 aliphatic heterocycles. The number of aryl methyl sites for hydroxylation is 1. The number of rotatable bonds is 5. The molecule has 0 spiro atoms. The molecular weight excluding hydrogens is 246 g/mol. The molecule has 2 heterocycles. The van der Waals surface area contributed by atoms with Crippen LogP contribution in [0.1, 0.15) is 36.1 Å². The van der Waals surface area contributed by atoms with E-state index in [1.165, 1.54) is 11.3 Å². The monoisotopic (exact) mass is 267 g/mol. The number of carbonyl (C=O) groups excluding carboxylic acids is 1. The van der Waals surface area contributed by atoms with Crippen LogP contribution >= 0.6 is 11.3 Å². The van der Waals surface area contributed by atoms with Crippen LogP contribution in [0.5, 0.6) is 0 Å². The van der Waals surface area contributed by atoms with E-state index in [1.807, 2.05) is 13.2 Å². The lowest BCUT2D eigenvalue weighted by Gasteiger charge is -2.18. The molecule has 18 heavy (non-hydrogen) atoms. The fraction of sp³-hybridized carbons (Fsp3) is 0.692. The Kier molecular flexibility index (Phi) is 4.72. The second-order valence-corrected chi connectivity index (χ2v) is 6.02. The minimum absolute atomic E-state index is 0.211. The highest BCUT2D eigenvalue weighted by molar-refractivity contribution is 7.11. The zero-order valence-corrected chi connectivity index (χ0v) is 11.9. The quantitative estimate of drug-likeness (QED) is 0.885. The Morgan fingerprint density at radius 1 is 1.67 bits per heavy atom. The van der Waals surface area contributed by atoms with Gasteiger partial charge in [-0.15, -0.1) is 11.3 Å². The van der Waals surface area contributed by atoms with Crippen molar-refractivity contribution in [2.24, 2.45) is 0 Å². The van der Waals surface area contributed by atoms with E-state index < -0.39 is 0 Å². The Hall–Kier alpha value is -0.940. The van der Waals surface area contributed by atoms with E-state index in [2.05, 4.69) is 17.2 Å². The molecule has 0 saturated carbocycles. The fourth-order valence-corrected chi connectivity index (χ4v) is 3.09. The second-order valence-electron chi connectivity index (χ2n) is 4.82. The van der Waals surface area contributed by atoms with Gasteiger partial charge in [-0.3, -0.25) is 4.79 Å². The Bertz CT molecular complexity index is 399. The second kappa shape index (κ2) is 6.29. The van der Waals surface area contributed by atoms with Crippen LogP contribution < -0.4 is 5.32 Å². The lowest BCUT2D eigenvalue weighted by atomic mass is 10.1. The smallest absolute Gasteiger partial charge is 0.224 e. The molecule has 0 aromatic carbocycles. The molecular formula is C13H21N3OS. The molecule has 1 fully saturated rings. The lowest BCUT2D eigenvalue weighted by Crippen LogP contribution is -2.33. The third-order valence-corrected chi connectivity index (χ3v) is 4.46. The minimum Gasteiger partial charge on any atom is -0.339 e. The number of hydrogen-bond acceptors (Lipinski definition) is 4. The van der Waals surface area contributed by atoms with Crippen LogP contribution in [0.15, 0.2) is 6.20 Å². The molecule has 1 saturated heterocycles. The van der Waals surface area contributed by atoms with Gasteiger partial charge in [0, 0.05) is 30.6 Å². The van der Waals surface area contributed by atoms with E-state index in [-0.39, 0.29) is 5.91 Å². The van der Waals surface area contributed by atoms with Gasteiger partial charge in [-0.05, 0) is 25.8 Å². The Balaban J connectivity index is 1.82. The average Bonchev–Trinajstić information content (AvgIpc) is 3.00. The van der Waals surface area contributed by atoms with Gasteiger partial charge in [0.05, 0.1) is 6.54 Å². The Morgan fingerprint density at radius 2 is 2.50 bits per heavy atom. The first-order chi connectivity index (χ1) is 8.69. The normalized spacial score (nSPS) is 19.1. The van der Waals surface area contributed by atoms with Gasteiger partial charge in [0.15, 0.2) is 0 Å².